The monoisotopic (exact) mass is 222 g/mol. The van der Waals surface area contributed by atoms with E-state index in [2.05, 4.69) is 5.10 Å². The van der Waals surface area contributed by atoms with Crippen molar-refractivity contribution >= 4 is 11.1 Å². The van der Waals surface area contributed by atoms with Crippen molar-refractivity contribution in [2.75, 3.05) is 6.61 Å². The van der Waals surface area contributed by atoms with E-state index in [0.717, 1.165) is 19.3 Å². The van der Waals surface area contributed by atoms with Crippen LogP contribution in [-0.2, 0) is 15.8 Å². The fourth-order valence-electron chi connectivity index (χ4n) is 1.57. The molecule has 2 heterocycles. The van der Waals surface area contributed by atoms with Gasteiger partial charge in [-0.1, -0.05) is 0 Å². The molecule has 5 nitrogen and oxygen atoms in total. The molecule has 2 unspecified atom stereocenters. The van der Waals surface area contributed by atoms with Gasteiger partial charge in [0, 0.05) is 6.61 Å². The fraction of sp³-hybridized carbons (Fsp3) is 0.625. The molecule has 78 valence electrons. The minimum absolute atomic E-state index is 0. The number of nitrogens with zero attached hydrogens (tertiary/aromatic N) is 2. The Morgan fingerprint density at radius 1 is 1.60 bits per heavy atom. The predicted octanol–water partition coefficient (Wildman–Crippen LogP) is -2.18. The van der Waals surface area contributed by atoms with Gasteiger partial charge in [-0.2, -0.15) is 5.10 Å². The Hall–Kier alpha value is -0.123. The number of hydrogen-bond donors (Lipinski definition) is 0. The number of aromatic nitrogens is 2. The van der Waals surface area contributed by atoms with Crippen molar-refractivity contribution in [1.29, 1.82) is 0 Å². The van der Waals surface area contributed by atoms with Gasteiger partial charge in [-0.15, -0.1) is 0 Å². The van der Waals surface area contributed by atoms with E-state index >= 15 is 0 Å². The summed E-state index contributed by atoms with van der Waals surface area (Å²) in [6, 6.07) is 1.47. The minimum Gasteiger partial charge on any atom is -0.767 e. The Morgan fingerprint density at radius 2 is 2.40 bits per heavy atom. The third-order valence-corrected chi connectivity index (χ3v) is 2.90. The van der Waals surface area contributed by atoms with E-state index < -0.39 is 11.1 Å². The van der Waals surface area contributed by atoms with Gasteiger partial charge in [0.15, 0.2) is 6.23 Å². The van der Waals surface area contributed by atoms with Gasteiger partial charge in [-0.25, -0.2) is 4.68 Å². The molecule has 1 aromatic heterocycles. The van der Waals surface area contributed by atoms with E-state index in [-0.39, 0.29) is 30.1 Å². The van der Waals surface area contributed by atoms with Crippen molar-refractivity contribution in [3.8, 4) is 0 Å². The molecule has 0 radical (unpaired) electrons. The Labute approximate surface area is 103 Å². The topological polar surface area (TPSA) is 67.2 Å². The molecule has 7 heteroatoms. The van der Waals surface area contributed by atoms with Crippen LogP contribution in [-0.4, -0.2) is 25.1 Å². The van der Waals surface area contributed by atoms with Crippen LogP contribution in [0.4, 0.5) is 0 Å². The standard InChI is InChI=1S/C8H12N2O3S.Li/c11-14(12)8-4-5-9-10(8)7-3-1-2-6-13-7;/h4-5,7H,1-3,6H2,(H,11,12);/q;+1/p-1. The largest absolute Gasteiger partial charge is 1.00 e. The summed E-state index contributed by atoms with van der Waals surface area (Å²) < 4.78 is 28.5. The van der Waals surface area contributed by atoms with Crippen molar-refractivity contribution in [2.45, 2.75) is 30.5 Å². The molecule has 0 N–H and O–H groups in total. The Morgan fingerprint density at radius 3 is 3.00 bits per heavy atom. The molecule has 0 amide bonds. The molecule has 0 saturated carbocycles. The molecule has 0 bridgehead atoms. The van der Waals surface area contributed by atoms with Crippen molar-refractivity contribution in [3.63, 3.8) is 0 Å². The Bertz CT molecular complexity index is 338. The predicted molar refractivity (Wildman–Crippen MR) is 48.3 cm³/mol. The van der Waals surface area contributed by atoms with E-state index in [9.17, 15) is 8.76 Å². The van der Waals surface area contributed by atoms with Gasteiger partial charge in [-0.05, 0) is 36.4 Å². The van der Waals surface area contributed by atoms with Crippen molar-refractivity contribution in [2.24, 2.45) is 0 Å². The molecule has 0 aliphatic carbocycles. The van der Waals surface area contributed by atoms with E-state index in [1.807, 2.05) is 0 Å². The summed E-state index contributed by atoms with van der Waals surface area (Å²) in [6.07, 6.45) is 4.17. The number of rotatable bonds is 2. The number of hydrogen-bond acceptors (Lipinski definition) is 4. The molecule has 15 heavy (non-hydrogen) atoms. The molecule has 1 aliphatic heterocycles. The van der Waals surface area contributed by atoms with Gasteiger partial charge in [-0.3, -0.25) is 4.21 Å². The summed E-state index contributed by atoms with van der Waals surface area (Å²) in [6.45, 7) is 0.676. The zero-order valence-corrected chi connectivity index (χ0v) is 9.40. The van der Waals surface area contributed by atoms with Gasteiger partial charge >= 0.3 is 18.9 Å². The van der Waals surface area contributed by atoms with E-state index in [1.54, 1.807) is 0 Å². The third kappa shape index (κ3) is 2.92. The number of ether oxygens (including phenoxy) is 1. The zero-order valence-electron chi connectivity index (χ0n) is 8.59. The average Bonchev–Trinajstić information content (AvgIpc) is 2.67. The summed E-state index contributed by atoms with van der Waals surface area (Å²) in [4.78, 5) is 0. The van der Waals surface area contributed by atoms with Crippen molar-refractivity contribution < 1.29 is 32.4 Å². The van der Waals surface area contributed by atoms with Crippen LogP contribution in [0, 0.1) is 0 Å². The fourth-order valence-corrected chi connectivity index (χ4v) is 2.06. The van der Waals surface area contributed by atoms with Gasteiger partial charge in [0.25, 0.3) is 0 Å². The van der Waals surface area contributed by atoms with Crippen LogP contribution in [0.25, 0.3) is 0 Å². The second-order valence-corrected chi connectivity index (χ2v) is 4.06. The molecule has 1 fully saturated rings. The smallest absolute Gasteiger partial charge is 0.767 e. The average molecular weight is 222 g/mol. The first-order chi connectivity index (χ1) is 6.79. The molecular formula is C8H11LiN2O3S. The van der Waals surface area contributed by atoms with E-state index in [4.69, 9.17) is 4.74 Å². The van der Waals surface area contributed by atoms with Crippen LogP contribution in [0.3, 0.4) is 0 Å². The molecule has 0 spiro atoms. The van der Waals surface area contributed by atoms with Gasteiger partial charge < -0.3 is 9.29 Å². The van der Waals surface area contributed by atoms with Crippen LogP contribution in [0.2, 0.25) is 0 Å². The zero-order chi connectivity index (χ0) is 9.97. The normalized spacial score (nSPS) is 23.1. The maximum Gasteiger partial charge on any atom is 1.00 e. The van der Waals surface area contributed by atoms with Gasteiger partial charge in [0.05, 0.1) is 6.20 Å². The molecule has 1 aromatic rings. The maximum atomic E-state index is 10.8. The summed E-state index contributed by atoms with van der Waals surface area (Å²) in [5.41, 5.74) is 0. The van der Waals surface area contributed by atoms with Crippen molar-refractivity contribution in [3.05, 3.63) is 12.3 Å². The van der Waals surface area contributed by atoms with Gasteiger partial charge in [0.2, 0.25) is 0 Å². The van der Waals surface area contributed by atoms with Gasteiger partial charge in [0.1, 0.15) is 5.03 Å². The Kier molecular flexibility index (Phi) is 5.03. The minimum atomic E-state index is -2.24. The van der Waals surface area contributed by atoms with Crippen LogP contribution in [0.5, 0.6) is 0 Å². The molecular weight excluding hydrogens is 211 g/mol. The summed E-state index contributed by atoms with van der Waals surface area (Å²) in [7, 11) is 0. The maximum absolute atomic E-state index is 10.8. The van der Waals surface area contributed by atoms with Crippen LogP contribution in [0.1, 0.15) is 25.5 Å². The summed E-state index contributed by atoms with van der Waals surface area (Å²) in [5, 5.41) is 4.15. The van der Waals surface area contributed by atoms with Crippen LogP contribution < -0.4 is 18.9 Å². The van der Waals surface area contributed by atoms with E-state index in [1.165, 1.54) is 16.9 Å². The first-order valence-corrected chi connectivity index (χ1v) is 5.61. The summed E-state index contributed by atoms with van der Waals surface area (Å²) in [5.74, 6) is 0. The molecule has 1 aliphatic rings. The van der Waals surface area contributed by atoms with Crippen molar-refractivity contribution in [1.82, 2.24) is 9.78 Å². The third-order valence-electron chi connectivity index (χ3n) is 2.23. The molecule has 1 saturated heterocycles. The molecule has 0 aromatic carbocycles. The first-order valence-electron chi connectivity index (χ1n) is 4.53. The molecule has 2 rings (SSSR count). The summed E-state index contributed by atoms with van der Waals surface area (Å²) >= 11 is -2.24. The first kappa shape index (κ1) is 12.9. The quantitative estimate of drug-likeness (QED) is 0.421. The SMILES string of the molecule is O=S([O-])c1ccnn1C1CCCCO1.[Li+]. The van der Waals surface area contributed by atoms with E-state index in [0.29, 0.717) is 6.61 Å². The van der Waals surface area contributed by atoms with Crippen LogP contribution >= 0.6 is 0 Å². The molecule has 2 atom stereocenters. The van der Waals surface area contributed by atoms with Crippen LogP contribution in [0.15, 0.2) is 17.3 Å². The second kappa shape index (κ2) is 5.82. The Balaban J connectivity index is 0.00000112. The second-order valence-electron chi connectivity index (χ2n) is 3.17.